The lowest BCUT2D eigenvalue weighted by molar-refractivity contribution is -0.255. The van der Waals surface area contributed by atoms with Crippen molar-refractivity contribution in [2.24, 2.45) is 0 Å². The Labute approximate surface area is 263 Å². The fourth-order valence-electron chi connectivity index (χ4n) is 6.67. The molecule has 2 aliphatic rings. The average Bonchev–Trinajstić information content (AvgIpc) is 3.64. The van der Waals surface area contributed by atoms with Gasteiger partial charge in [0.25, 0.3) is 11.8 Å². The maximum absolute atomic E-state index is 14.1. The maximum Gasteiger partial charge on any atom is 0.262 e. The van der Waals surface area contributed by atoms with Crippen molar-refractivity contribution < 1.29 is 39.2 Å². The molecule has 0 radical (unpaired) electrons. The first-order valence-electron chi connectivity index (χ1n) is 13.6. The molecule has 2 aromatic heterocycles. The Kier molecular flexibility index (Phi) is 7.15. The van der Waals surface area contributed by atoms with Crippen molar-refractivity contribution in [2.75, 3.05) is 26.1 Å². The van der Waals surface area contributed by atoms with Crippen LogP contribution in [0.2, 0.25) is 10.0 Å². The second-order valence-electron chi connectivity index (χ2n) is 10.8. The number of rotatable bonds is 6. The minimum Gasteiger partial charge on any atom is -0.394 e. The molecule has 1 saturated heterocycles. The van der Waals surface area contributed by atoms with Crippen molar-refractivity contribution in [3.05, 3.63) is 57.6 Å². The molecule has 5 aromatic rings. The number of aliphatic hydroxyl groups is 3. The molecule has 2 amide bonds. The number of aliphatic hydroxyl groups excluding tert-OH is 3. The van der Waals surface area contributed by atoms with Gasteiger partial charge in [-0.3, -0.25) is 19.3 Å². The molecule has 5 atom stereocenters. The number of ether oxygens (including phenoxy) is 2. The van der Waals surface area contributed by atoms with E-state index in [1.807, 2.05) is 0 Å². The molecule has 11 nitrogen and oxygen atoms in total. The summed E-state index contributed by atoms with van der Waals surface area (Å²) >= 11 is 19.1. The minimum atomic E-state index is -1.58. The SMILES string of the molecule is CO[C@H]1[C@H](O)[C@@H](O)[C@H](n2c3c(Cl)cccc3c3c4c(c5c6cccc(Cl)c6[nH]c5c32)C(=O)N(CC(=O)CCl)C4=O)O[C@@H]1CO. The summed E-state index contributed by atoms with van der Waals surface area (Å²) in [7, 11) is 1.33. The van der Waals surface area contributed by atoms with Crippen LogP contribution in [0.1, 0.15) is 26.9 Å². The molecule has 0 aliphatic carbocycles. The van der Waals surface area contributed by atoms with E-state index in [0.717, 1.165) is 4.90 Å². The third-order valence-corrected chi connectivity index (χ3v) is 9.43. The average molecular weight is 661 g/mol. The van der Waals surface area contributed by atoms with Gasteiger partial charge in [-0.05, 0) is 12.1 Å². The fraction of sp³-hybridized carbons (Fsp3) is 0.300. The molecule has 14 heteroatoms. The second kappa shape index (κ2) is 10.7. The van der Waals surface area contributed by atoms with E-state index < -0.39 is 61.4 Å². The molecule has 1 fully saturated rings. The van der Waals surface area contributed by atoms with Crippen LogP contribution in [0.4, 0.5) is 0 Å². The van der Waals surface area contributed by atoms with Gasteiger partial charge in [0, 0.05) is 28.7 Å². The Balaban J connectivity index is 1.67. The number of benzene rings is 3. The molecule has 0 unspecified atom stereocenters. The van der Waals surface area contributed by atoms with Gasteiger partial charge in [-0.15, -0.1) is 11.6 Å². The fourth-order valence-corrected chi connectivity index (χ4v) is 7.24. The number of carbonyl (C=O) groups excluding carboxylic acids is 3. The van der Waals surface area contributed by atoms with Gasteiger partial charge in [0.15, 0.2) is 12.0 Å². The van der Waals surface area contributed by atoms with E-state index in [0.29, 0.717) is 48.6 Å². The van der Waals surface area contributed by atoms with E-state index in [4.69, 9.17) is 44.3 Å². The summed E-state index contributed by atoms with van der Waals surface area (Å²) in [5.41, 5.74) is 1.62. The lowest BCUT2D eigenvalue weighted by atomic mass is 9.96. The maximum atomic E-state index is 14.1. The Bertz CT molecular complexity index is 2050. The first-order valence-corrected chi connectivity index (χ1v) is 14.9. The summed E-state index contributed by atoms with van der Waals surface area (Å²) in [6.07, 6.45) is -6.48. The third kappa shape index (κ3) is 3.91. The van der Waals surface area contributed by atoms with Crippen LogP contribution in [-0.4, -0.2) is 97.9 Å². The van der Waals surface area contributed by atoms with E-state index in [-0.39, 0.29) is 22.0 Å². The number of nitrogens with zero attached hydrogens (tertiary/aromatic N) is 2. The van der Waals surface area contributed by atoms with Crippen molar-refractivity contribution in [3.63, 3.8) is 0 Å². The summed E-state index contributed by atoms with van der Waals surface area (Å²) < 4.78 is 13.1. The number of aromatic amines is 1. The number of imide groups is 1. The zero-order valence-electron chi connectivity index (χ0n) is 22.9. The van der Waals surface area contributed by atoms with Gasteiger partial charge in [0.2, 0.25) is 0 Å². The molecule has 3 aromatic carbocycles. The van der Waals surface area contributed by atoms with Crippen molar-refractivity contribution in [3.8, 4) is 0 Å². The monoisotopic (exact) mass is 659 g/mol. The van der Waals surface area contributed by atoms with Crippen molar-refractivity contribution in [1.82, 2.24) is 14.5 Å². The highest BCUT2D eigenvalue weighted by molar-refractivity contribution is 6.43. The molecular weight excluding hydrogens is 637 g/mol. The minimum absolute atomic E-state index is 0.0334. The number of fused-ring (bicyclic) bond motifs is 10. The standard InChI is InChI=1S/C30H24Cl3N3O8/c1-43-27-16(10-37)44-30(26(40)25(27)39)36-23-13(5-3-7-15(23)33)18-20-19(28(41)35(29(20)42)9-11(38)8-31)17-12-4-2-6-14(32)21(12)34-22(17)24(18)36/h2-7,16,25-27,30,34,37,39-40H,8-10H2,1H3/t16-,25-,26-,27-,30-/m1/s1. The number of methoxy groups -OCH3 is 1. The number of Topliss-reactive ketones (excluding diaryl/α,β-unsaturated/α-hetero) is 1. The van der Waals surface area contributed by atoms with Crippen LogP contribution in [0.3, 0.4) is 0 Å². The topological polar surface area (TPSA) is 154 Å². The highest BCUT2D eigenvalue weighted by Gasteiger charge is 2.48. The number of carbonyl (C=O) groups is 3. The van der Waals surface area contributed by atoms with Gasteiger partial charge in [-0.2, -0.15) is 0 Å². The number of aromatic nitrogens is 2. The number of ketones is 1. The number of halogens is 3. The third-order valence-electron chi connectivity index (χ3n) is 8.51. The van der Waals surface area contributed by atoms with Gasteiger partial charge in [0.05, 0.1) is 62.3 Å². The number of amides is 2. The van der Waals surface area contributed by atoms with E-state index in [2.05, 4.69) is 4.98 Å². The number of nitrogens with one attached hydrogen (secondary N) is 1. The van der Waals surface area contributed by atoms with Crippen LogP contribution in [0.25, 0.3) is 43.6 Å². The molecule has 7 rings (SSSR count). The molecule has 44 heavy (non-hydrogen) atoms. The predicted molar refractivity (Wildman–Crippen MR) is 164 cm³/mol. The number of para-hydroxylation sites is 2. The van der Waals surface area contributed by atoms with Crippen LogP contribution >= 0.6 is 34.8 Å². The molecule has 0 bridgehead atoms. The first kappa shape index (κ1) is 29.5. The van der Waals surface area contributed by atoms with Crippen molar-refractivity contribution in [1.29, 1.82) is 0 Å². The van der Waals surface area contributed by atoms with Crippen LogP contribution in [0.5, 0.6) is 0 Å². The Hall–Kier alpha value is -3.26. The van der Waals surface area contributed by atoms with Crippen LogP contribution in [0.15, 0.2) is 36.4 Å². The lowest BCUT2D eigenvalue weighted by Crippen LogP contribution is -2.57. The first-order chi connectivity index (χ1) is 21.1. The smallest absolute Gasteiger partial charge is 0.262 e. The molecule has 228 valence electrons. The van der Waals surface area contributed by atoms with Gasteiger partial charge in [-0.1, -0.05) is 47.5 Å². The summed E-state index contributed by atoms with van der Waals surface area (Å²) in [5.74, 6) is -2.28. The summed E-state index contributed by atoms with van der Waals surface area (Å²) in [6.45, 7) is -1.05. The van der Waals surface area contributed by atoms with E-state index in [1.54, 1.807) is 41.0 Å². The molecule has 0 saturated carbocycles. The van der Waals surface area contributed by atoms with Gasteiger partial charge < -0.3 is 34.3 Å². The summed E-state index contributed by atoms with van der Waals surface area (Å²) in [5, 5.41) is 34.9. The molecule has 4 heterocycles. The number of hydrogen-bond donors (Lipinski definition) is 4. The van der Waals surface area contributed by atoms with Gasteiger partial charge >= 0.3 is 0 Å². The molecular formula is C30H24Cl3N3O8. The van der Waals surface area contributed by atoms with E-state index in [1.165, 1.54) is 7.11 Å². The van der Waals surface area contributed by atoms with Crippen molar-refractivity contribution >= 4 is 96.0 Å². The van der Waals surface area contributed by atoms with Crippen LogP contribution in [0, 0.1) is 0 Å². The molecule has 2 aliphatic heterocycles. The highest BCUT2D eigenvalue weighted by Crippen LogP contribution is 2.49. The van der Waals surface area contributed by atoms with Crippen LogP contribution < -0.4 is 0 Å². The number of alkyl halides is 1. The van der Waals surface area contributed by atoms with Gasteiger partial charge in [0.1, 0.15) is 24.4 Å². The lowest BCUT2D eigenvalue weighted by Gasteiger charge is -2.42. The number of hydrogen-bond acceptors (Lipinski definition) is 8. The van der Waals surface area contributed by atoms with E-state index in [9.17, 15) is 29.7 Å². The quantitative estimate of drug-likeness (QED) is 0.159. The van der Waals surface area contributed by atoms with Gasteiger partial charge in [-0.25, -0.2) is 0 Å². The second-order valence-corrected chi connectivity index (χ2v) is 11.9. The zero-order valence-corrected chi connectivity index (χ0v) is 25.2. The summed E-state index contributed by atoms with van der Waals surface area (Å²) in [4.78, 5) is 44.7. The Morgan fingerprint density at radius 1 is 0.955 bits per heavy atom. The zero-order chi connectivity index (χ0) is 31.2. The Morgan fingerprint density at radius 3 is 2.27 bits per heavy atom. The number of H-pyrrole nitrogens is 1. The highest BCUT2D eigenvalue weighted by atomic mass is 35.5. The van der Waals surface area contributed by atoms with Crippen molar-refractivity contribution in [2.45, 2.75) is 30.6 Å². The normalized spacial score (nSPS) is 24.0. The molecule has 0 spiro atoms. The largest absolute Gasteiger partial charge is 0.394 e. The predicted octanol–water partition coefficient (Wildman–Crippen LogP) is 3.77. The molecule has 4 N–H and O–H groups in total. The van der Waals surface area contributed by atoms with Crippen LogP contribution in [-0.2, 0) is 14.3 Å². The summed E-state index contributed by atoms with van der Waals surface area (Å²) in [6, 6.07) is 10.1. The van der Waals surface area contributed by atoms with E-state index >= 15 is 0 Å². The Morgan fingerprint density at radius 2 is 1.61 bits per heavy atom.